The minimum Gasteiger partial charge on any atom is -0.322 e. The number of benzene rings is 2. The Morgan fingerprint density at radius 1 is 1.15 bits per heavy atom. The van der Waals surface area contributed by atoms with E-state index in [4.69, 9.17) is 23.2 Å². The van der Waals surface area contributed by atoms with Crippen LogP contribution < -0.4 is 0 Å². The second-order valence-corrected chi connectivity index (χ2v) is 5.18. The van der Waals surface area contributed by atoms with Gasteiger partial charge in [0, 0.05) is 10.6 Å². The van der Waals surface area contributed by atoms with Gasteiger partial charge in [-0.05, 0) is 24.3 Å². The van der Waals surface area contributed by atoms with Crippen molar-refractivity contribution in [3.8, 4) is 0 Å². The summed E-state index contributed by atoms with van der Waals surface area (Å²) in [4.78, 5) is 4.44. The lowest BCUT2D eigenvalue weighted by atomic mass is 10.2. The number of aromatic nitrogens is 2. The van der Waals surface area contributed by atoms with Crippen molar-refractivity contribution in [2.75, 3.05) is 0 Å². The summed E-state index contributed by atoms with van der Waals surface area (Å²) in [6.45, 7) is 0.396. The molecule has 20 heavy (non-hydrogen) atoms. The molecule has 5 heteroatoms. The van der Waals surface area contributed by atoms with Crippen molar-refractivity contribution >= 4 is 34.2 Å². The minimum absolute atomic E-state index is 0.233. The topological polar surface area (TPSA) is 17.8 Å². The zero-order chi connectivity index (χ0) is 14.1. The van der Waals surface area contributed by atoms with Crippen molar-refractivity contribution in [3.05, 3.63) is 64.7 Å². The van der Waals surface area contributed by atoms with E-state index >= 15 is 0 Å². The maximum atomic E-state index is 13.8. The maximum Gasteiger partial charge on any atom is 0.128 e. The molecule has 2 nitrogen and oxygen atoms in total. The Morgan fingerprint density at radius 3 is 2.70 bits per heavy atom. The number of rotatable bonds is 3. The normalized spacial score (nSPS) is 11.2. The van der Waals surface area contributed by atoms with E-state index in [1.165, 1.54) is 6.07 Å². The molecule has 3 aromatic rings. The molecule has 0 atom stereocenters. The summed E-state index contributed by atoms with van der Waals surface area (Å²) in [6.07, 6.45) is 0. The number of halogens is 3. The van der Waals surface area contributed by atoms with Crippen molar-refractivity contribution in [3.63, 3.8) is 0 Å². The monoisotopic (exact) mass is 308 g/mol. The fourth-order valence-corrected chi connectivity index (χ4v) is 2.60. The highest BCUT2D eigenvalue weighted by molar-refractivity contribution is 6.31. The summed E-state index contributed by atoms with van der Waals surface area (Å²) in [7, 11) is 0. The number of nitrogens with zero attached hydrogens (tertiary/aromatic N) is 2. The molecule has 0 spiro atoms. The van der Waals surface area contributed by atoms with Crippen LogP contribution in [0.2, 0.25) is 5.02 Å². The van der Waals surface area contributed by atoms with Gasteiger partial charge in [0.05, 0.1) is 23.5 Å². The number of imidazole rings is 1. The molecule has 2 aromatic carbocycles. The average molecular weight is 309 g/mol. The summed E-state index contributed by atoms with van der Waals surface area (Å²) >= 11 is 11.9. The Kier molecular flexibility index (Phi) is 3.64. The Morgan fingerprint density at radius 2 is 1.95 bits per heavy atom. The van der Waals surface area contributed by atoms with Crippen LogP contribution in [0.5, 0.6) is 0 Å². The molecule has 102 valence electrons. The summed E-state index contributed by atoms with van der Waals surface area (Å²) in [6, 6.07) is 12.1. The van der Waals surface area contributed by atoms with Gasteiger partial charge in [0.2, 0.25) is 0 Å². The Labute approximate surface area is 125 Å². The van der Waals surface area contributed by atoms with Gasteiger partial charge >= 0.3 is 0 Å². The van der Waals surface area contributed by atoms with Crippen LogP contribution in [0.15, 0.2) is 42.5 Å². The van der Waals surface area contributed by atoms with Crippen LogP contribution in [0.1, 0.15) is 11.4 Å². The Balaban J connectivity index is 2.12. The molecule has 0 saturated heterocycles. The SMILES string of the molecule is Fc1ccccc1Cn1c(CCl)nc2cc(Cl)ccc21. The van der Waals surface area contributed by atoms with Crippen molar-refractivity contribution in [2.24, 2.45) is 0 Å². The summed E-state index contributed by atoms with van der Waals surface area (Å²) < 4.78 is 15.7. The van der Waals surface area contributed by atoms with Crippen LogP contribution in [0.4, 0.5) is 4.39 Å². The van der Waals surface area contributed by atoms with Crippen LogP contribution in [0.25, 0.3) is 11.0 Å². The maximum absolute atomic E-state index is 13.8. The van der Waals surface area contributed by atoms with E-state index in [1.807, 2.05) is 16.7 Å². The molecular formula is C15H11Cl2FN2. The van der Waals surface area contributed by atoms with Gasteiger partial charge in [0.1, 0.15) is 11.6 Å². The molecule has 0 bridgehead atoms. The smallest absolute Gasteiger partial charge is 0.128 e. The Hall–Kier alpha value is -1.58. The largest absolute Gasteiger partial charge is 0.322 e. The van der Waals surface area contributed by atoms with Crippen molar-refractivity contribution in [1.82, 2.24) is 9.55 Å². The highest BCUT2D eigenvalue weighted by atomic mass is 35.5. The predicted molar refractivity (Wildman–Crippen MR) is 79.8 cm³/mol. The predicted octanol–water partition coefficient (Wildman–Crippen LogP) is 4.62. The highest BCUT2D eigenvalue weighted by Gasteiger charge is 2.12. The first-order valence-corrected chi connectivity index (χ1v) is 7.04. The first kappa shape index (κ1) is 13.4. The third kappa shape index (κ3) is 2.39. The third-order valence-electron chi connectivity index (χ3n) is 3.20. The van der Waals surface area contributed by atoms with Gasteiger partial charge in [0.15, 0.2) is 0 Å². The molecule has 0 aliphatic heterocycles. The van der Waals surface area contributed by atoms with Gasteiger partial charge in [-0.3, -0.25) is 0 Å². The van der Waals surface area contributed by atoms with Gasteiger partial charge in [-0.15, -0.1) is 11.6 Å². The van der Waals surface area contributed by atoms with E-state index in [0.29, 0.717) is 23.0 Å². The van der Waals surface area contributed by atoms with Crippen LogP contribution in [0, 0.1) is 5.82 Å². The van der Waals surface area contributed by atoms with E-state index < -0.39 is 0 Å². The van der Waals surface area contributed by atoms with E-state index in [9.17, 15) is 4.39 Å². The molecule has 0 radical (unpaired) electrons. The molecule has 1 aromatic heterocycles. The van der Waals surface area contributed by atoms with Crippen molar-refractivity contribution in [2.45, 2.75) is 12.4 Å². The standard InChI is InChI=1S/C15H11Cl2FN2/c16-8-15-19-13-7-11(17)5-6-14(13)20(15)9-10-3-1-2-4-12(10)18/h1-7H,8-9H2. The molecular weight excluding hydrogens is 298 g/mol. The molecule has 0 saturated carbocycles. The summed E-state index contributed by atoms with van der Waals surface area (Å²) in [5.41, 5.74) is 2.27. The van der Waals surface area contributed by atoms with Crippen LogP contribution in [0.3, 0.4) is 0 Å². The fraction of sp³-hybridized carbons (Fsp3) is 0.133. The first-order valence-electron chi connectivity index (χ1n) is 6.13. The minimum atomic E-state index is -0.233. The lowest BCUT2D eigenvalue weighted by Gasteiger charge is -2.08. The number of alkyl halides is 1. The van der Waals surface area contributed by atoms with Crippen molar-refractivity contribution in [1.29, 1.82) is 0 Å². The van der Waals surface area contributed by atoms with Crippen LogP contribution in [-0.2, 0) is 12.4 Å². The second kappa shape index (κ2) is 5.43. The zero-order valence-corrected chi connectivity index (χ0v) is 12.0. The van der Waals surface area contributed by atoms with Gasteiger partial charge < -0.3 is 4.57 Å². The zero-order valence-electron chi connectivity index (χ0n) is 10.5. The summed E-state index contributed by atoms with van der Waals surface area (Å²) in [5, 5.41) is 0.620. The second-order valence-electron chi connectivity index (χ2n) is 4.47. The molecule has 0 N–H and O–H groups in total. The van der Waals surface area contributed by atoms with Crippen LogP contribution in [-0.4, -0.2) is 9.55 Å². The van der Waals surface area contributed by atoms with Gasteiger partial charge in [-0.25, -0.2) is 9.37 Å². The first-order chi connectivity index (χ1) is 9.69. The molecule has 3 rings (SSSR count). The average Bonchev–Trinajstić information content (AvgIpc) is 2.78. The number of fused-ring (bicyclic) bond motifs is 1. The van der Waals surface area contributed by atoms with E-state index in [1.54, 1.807) is 24.3 Å². The lowest BCUT2D eigenvalue weighted by molar-refractivity contribution is 0.599. The van der Waals surface area contributed by atoms with Gasteiger partial charge in [-0.2, -0.15) is 0 Å². The molecule has 0 fully saturated rings. The van der Waals surface area contributed by atoms with Gasteiger partial charge in [-0.1, -0.05) is 29.8 Å². The van der Waals surface area contributed by atoms with E-state index in [-0.39, 0.29) is 11.7 Å². The fourth-order valence-electron chi connectivity index (χ4n) is 2.23. The van der Waals surface area contributed by atoms with Crippen LogP contribution >= 0.6 is 23.2 Å². The van der Waals surface area contributed by atoms with E-state index in [0.717, 1.165) is 11.0 Å². The molecule has 0 aliphatic carbocycles. The highest BCUT2D eigenvalue weighted by Crippen LogP contribution is 2.23. The number of hydrogen-bond acceptors (Lipinski definition) is 1. The summed E-state index contributed by atoms with van der Waals surface area (Å²) in [5.74, 6) is 0.733. The molecule has 1 heterocycles. The third-order valence-corrected chi connectivity index (χ3v) is 3.67. The molecule has 0 aliphatic rings. The van der Waals surface area contributed by atoms with E-state index in [2.05, 4.69) is 4.98 Å². The molecule has 0 unspecified atom stereocenters. The quantitative estimate of drug-likeness (QED) is 0.646. The van der Waals surface area contributed by atoms with Crippen molar-refractivity contribution < 1.29 is 4.39 Å². The number of hydrogen-bond donors (Lipinski definition) is 0. The lowest BCUT2D eigenvalue weighted by Crippen LogP contribution is -2.05. The molecule has 0 amide bonds. The van der Waals surface area contributed by atoms with Gasteiger partial charge in [0.25, 0.3) is 0 Å². The Bertz CT molecular complexity index is 768.